The van der Waals surface area contributed by atoms with Gasteiger partial charge in [-0.3, -0.25) is 4.79 Å². The number of hydrogen-bond donors (Lipinski definition) is 0. The van der Waals surface area contributed by atoms with E-state index >= 15 is 0 Å². The van der Waals surface area contributed by atoms with Gasteiger partial charge in [-0.05, 0) is 48.9 Å². The number of carbonyl (C=O) groups is 1. The van der Waals surface area contributed by atoms with Crippen LogP contribution in [-0.2, 0) is 9.53 Å². The number of rotatable bonds is 9. The number of methoxy groups -OCH3 is 3. The second-order valence-corrected chi connectivity index (χ2v) is 7.70. The van der Waals surface area contributed by atoms with Gasteiger partial charge in [-0.2, -0.15) is 5.26 Å². The first-order chi connectivity index (χ1) is 16.0. The Morgan fingerprint density at radius 1 is 0.970 bits per heavy atom. The van der Waals surface area contributed by atoms with Crippen molar-refractivity contribution in [2.75, 3.05) is 33.7 Å². The van der Waals surface area contributed by atoms with Crippen LogP contribution < -0.4 is 14.2 Å². The summed E-state index contributed by atoms with van der Waals surface area (Å²) in [6.07, 6.45) is 0. The van der Waals surface area contributed by atoms with Crippen molar-refractivity contribution >= 4 is 17.7 Å². The second-order valence-electron chi connectivity index (χ2n) is 6.74. The number of nitrogens with zero attached hydrogens (tertiary/aromatic N) is 2. The number of hydrogen-bond acceptors (Lipinski definition) is 8. The van der Waals surface area contributed by atoms with Crippen molar-refractivity contribution in [2.45, 2.75) is 11.9 Å². The Labute approximate surface area is 197 Å². The molecule has 170 valence electrons. The summed E-state index contributed by atoms with van der Waals surface area (Å²) >= 11 is 1.16. The molecule has 8 heteroatoms. The SMILES string of the molecule is CCOC(=O)CSc1nc(-c2cc(OC)ccc2OC)cc(-c2ccc(OC)cc2)c1C#N. The molecule has 0 fully saturated rings. The fourth-order valence-electron chi connectivity index (χ4n) is 3.21. The monoisotopic (exact) mass is 464 g/mol. The average molecular weight is 465 g/mol. The van der Waals surface area contributed by atoms with Crippen molar-refractivity contribution in [1.29, 1.82) is 5.26 Å². The number of nitriles is 1. The van der Waals surface area contributed by atoms with Crippen LogP contribution in [0.5, 0.6) is 17.2 Å². The summed E-state index contributed by atoms with van der Waals surface area (Å²) in [6, 6.07) is 16.9. The van der Waals surface area contributed by atoms with Gasteiger partial charge >= 0.3 is 5.97 Å². The number of pyridine rings is 1. The summed E-state index contributed by atoms with van der Waals surface area (Å²) in [7, 11) is 4.76. The molecule has 0 saturated carbocycles. The fraction of sp³-hybridized carbons (Fsp3) is 0.240. The zero-order valence-electron chi connectivity index (χ0n) is 18.9. The lowest BCUT2D eigenvalue weighted by Crippen LogP contribution is -2.07. The lowest BCUT2D eigenvalue weighted by Gasteiger charge is -2.15. The Kier molecular flexibility index (Phi) is 8.17. The Morgan fingerprint density at radius 2 is 1.67 bits per heavy atom. The molecule has 0 aliphatic heterocycles. The maximum Gasteiger partial charge on any atom is 0.316 e. The summed E-state index contributed by atoms with van der Waals surface area (Å²) in [6.45, 7) is 2.04. The van der Waals surface area contributed by atoms with E-state index < -0.39 is 0 Å². The van der Waals surface area contributed by atoms with Gasteiger partial charge in [0.25, 0.3) is 0 Å². The van der Waals surface area contributed by atoms with Crippen LogP contribution in [0, 0.1) is 11.3 Å². The standard InChI is InChI=1S/C25H24N2O5S/c1-5-32-24(28)15-33-25-21(14-26)19(16-6-8-17(29-2)9-7-16)13-22(27-25)20-12-18(30-3)10-11-23(20)31-4/h6-13H,5,15H2,1-4H3. The Bertz CT molecular complexity index is 1170. The third-order valence-corrected chi connectivity index (χ3v) is 5.76. The molecule has 0 N–H and O–H groups in total. The zero-order valence-corrected chi connectivity index (χ0v) is 19.7. The van der Waals surface area contributed by atoms with Crippen LogP contribution in [0.4, 0.5) is 0 Å². The predicted molar refractivity (Wildman–Crippen MR) is 127 cm³/mol. The number of benzene rings is 2. The van der Waals surface area contributed by atoms with E-state index in [-0.39, 0.29) is 18.3 Å². The van der Waals surface area contributed by atoms with Gasteiger partial charge < -0.3 is 18.9 Å². The normalized spacial score (nSPS) is 10.3. The van der Waals surface area contributed by atoms with E-state index in [9.17, 15) is 10.1 Å². The first-order valence-electron chi connectivity index (χ1n) is 10.1. The molecule has 1 heterocycles. The molecule has 3 aromatic rings. The molecule has 0 radical (unpaired) electrons. The second kappa shape index (κ2) is 11.2. The van der Waals surface area contributed by atoms with E-state index in [1.165, 1.54) is 0 Å². The first kappa shape index (κ1) is 24.0. The third-order valence-electron chi connectivity index (χ3n) is 4.81. The minimum Gasteiger partial charge on any atom is -0.497 e. The van der Waals surface area contributed by atoms with Gasteiger partial charge in [0.1, 0.15) is 28.3 Å². The molecule has 0 saturated heterocycles. The summed E-state index contributed by atoms with van der Waals surface area (Å²) in [5.74, 6) is 1.62. The van der Waals surface area contributed by atoms with Crippen LogP contribution in [0.25, 0.3) is 22.4 Å². The highest BCUT2D eigenvalue weighted by atomic mass is 32.2. The van der Waals surface area contributed by atoms with Crippen molar-refractivity contribution in [1.82, 2.24) is 4.98 Å². The van der Waals surface area contributed by atoms with Crippen molar-refractivity contribution < 1.29 is 23.7 Å². The fourth-order valence-corrected chi connectivity index (χ4v) is 4.02. The molecule has 2 aromatic carbocycles. The van der Waals surface area contributed by atoms with E-state index in [2.05, 4.69) is 6.07 Å². The molecular weight excluding hydrogens is 440 g/mol. The largest absolute Gasteiger partial charge is 0.497 e. The predicted octanol–water partition coefficient (Wildman–Crippen LogP) is 4.97. The average Bonchev–Trinajstić information content (AvgIpc) is 2.86. The minimum absolute atomic E-state index is 0.0380. The maximum atomic E-state index is 12.0. The van der Waals surface area contributed by atoms with Crippen LogP contribution in [0.15, 0.2) is 53.6 Å². The van der Waals surface area contributed by atoms with E-state index in [0.29, 0.717) is 44.7 Å². The molecule has 0 aliphatic rings. The molecule has 0 atom stereocenters. The molecule has 33 heavy (non-hydrogen) atoms. The molecule has 0 amide bonds. The van der Waals surface area contributed by atoms with Crippen LogP contribution in [0.3, 0.4) is 0 Å². The summed E-state index contributed by atoms with van der Waals surface area (Å²) < 4.78 is 21.2. The topological polar surface area (TPSA) is 90.7 Å². The summed E-state index contributed by atoms with van der Waals surface area (Å²) in [5.41, 5.74) is 3.16. The third kappa shape index (κ3) is 5.57. The van der Waals surface area contributed by atoms with E-state index in [1.54, 1.807) is 40.4 Å². The highest BCUT2D eigenvalue weighted by molar-refractivity contribution is 7.99. The van der Waals surface area contributed by atoms with Gasteiger partial charge in [0.15, 0.2) is 0 Å². The zero-order chi connectivity index (χ0) is 23.8. The Morgan fingerprint density at radius 3 is 2.27 bits per heavy atom. The first-order valence-corrected chi connectivity index (χ1v) is 11.1. The van der Waals surface area contributed by atoms with E-state index in [0.717, 1.165) is 17.3 Å². The minimum atomic E-state index is -0.372. The number of thioether (sulfide) groups is 1. The summed E-state index contributed by atoms with van der Waals surface area (Å²) in [4.78, 5) is 16.7. The lowest BCUT2D eigenvalue weighted by molar-refractivity contribution is -0.139. The Hall–Kier alpha value is -3.70. The Balaban J connectivity index is 2.20. The van der Waals surface area contributed by atoms with E-state index in [1.807, 2.05) is 36.4 Å². The maximum absolute atomic E-state index is 12.0. The lowest BCUT2D eigenvalue weighted by atomic mass is 9.98. The number of ether oxygens (including phenoxy) is 4. The van der Waals surface area contributed by atoms with E-state index in [4.69, 9.17) is 23.9 Å². The van der Waals surface area contributed by atoms with Crippen molar-refractivity contribution in [2.24, 2.45) is 0 Å². The number of aromatic nitrogens is 1. The quantitative estimate of drug-likeness (QED) is 0.324. The smallest absolute Gasteiger partial charge is 0.316 e. The van der Waals surface area contributed by atoms with Gasteiger partial charge in [-0.15, -0.1) is 0 Å². The molecule has 7 nitrogen and oxygen atoms in total. The van der Waals surface area contributed by atoms with Crippen molar-refractivity contribution in [3.05, 3.63) is 54.1 Å². The van der Waals surface area contributed by atoms with Gasteiger partial charge in [0.2, 0.25) is 0 Å². The van der Waals surface area contributed by atoms with Gasteiger partial charge in [-0.25, -0.2) is 4.98 Å². The molecule has 1 aromatic heterocycles. The van der Waals surface area contributed by atoms with Crippen LogP contribution >= 0.6 is 11.8 Å². The van der Waals surface area contributed by atoms with Crippen molar-refractivity contribution in [3.8, 4) is 45.7 Å². The van der Waals surface area contributed by atoms with Gasteiger partial charge in [0, 0.05) is 11.1 Å². The molecular formula is C25H24N2O5S. The van der Waals surface area contributed by atoms with Crippen LogP contribution in [0.2, 0.25) is 0 Å². The summed E-state index contributed by atoms with van der Waals surface area (Å²) in [5, 5.41) is 10.4. The highest BCUT2D eigenvalue weighted by Crippen LogP contribution is 2.38. The van der Waals surface area contributed by atoms with Crippen LogP contribution in [-0.4, -0.2) is 44.6 Å². The molecule has 0 aliphatic carbocycles. The highest BCUT2D eigenvalue weighted by Gasteiger charge is 2.19. The van der Waals surface area contributed by atoms with Crippen molar-refractivity contribution in [3.63, 3.8) is 0 Å². The van der Waals surface area contributed by atoms with Crippen LogP contribution in [0.1, 0.15) is 12.5 Å². The molecule has 0 bridgehead atoms. The number of carbonyl (C=O) groups excluding carboxylic acids is 1. The molecule has 3 rings (SSSR count). The molecule has 0 unspecified atom stereocenters. The molecule has 0 spiro atoms. The van der Waals surface area contributed by atoms with Gasteiger partial charge in [-0.1, -0.05) is 23.9 Å². The number of esters is 1. The van der Waals surface area contributed by atoms with Gasteiger partial charge in [0.05, 0.1) is 44.9 Å².